The molecule has 0 saturated carbocycles. The maximum atomic E-state index is 8.96. The molecule has 0 fully saturated rings. The molecule has 0 aliphatic carbocycles. The molecule has 3 heteroatoms. The summed E-state index contributed by atoms with van der Waals surface area (Å²) in [4.78, 5) is 0. The lowest BCUT2D eigenvalue weighted by atomic mass is 9.97. The minimum absolute atomic E-state index is 0.338. The molecular weight excluding hydrogens is 238 g/mol. The van der Waals surface area contributed by atoms with Crippen LogP contribution in [0.1, 0.15) is 5.56 Å². The van der Waals surface area contributed by atoms with Crippen molar-refractivity contribution >= 4 is 0 Å². The molecule has 0 aliphatic rings. The van der Waals surface area contributed by atoms with E-state index in [9.17, 15) is 0 Å². The Balaban J connectivity index is 2.61. The second kappa shape index (κ2) is 5.92. The Hall–Kier alpha value is -2.47. The van der Waals surface area contributed by atoms with Gasteiger partial charge in [-0.2, -0.15) is 5.26 Å². The molecule has 0 amide bonds. The molecule has 0 N–H and O–H groups in total. The molecular formula is C16H15NO2. The lowest BCUT2D eigenvalue weighted by Gasteiger charge is -2.13. The van der Waals surface area contributed by atoms with E-state index in [1.807, 2.05) is 42.5 Å². The number of rotatable bonds is 4. The van der Waals surface area contributed by atoms with Crippen LogP contribution >= 0.6 is 0 Å². The number of nitriles is 1. The monoisotopic (exact) mass is 253 g/mol. The van der Waals surface area contributed by atoms with Crippen LogP contribution in [0, 0.1) is 11.3 Å². The van der Waals surface area contributed by atoms with Crippen molar-refractivity contribution in [2.24, 2.45) is 0 Å². The third kappa shape index (κ3) is 2.69. The van der Waals surface area contributed by atoms with E-state index in [4.69, 9.17) is 14.7 Å². The Morgan fingerprint density at radius 3 is 2.21 bits per heavy atom. The quantitative estimate of drug-likeness (QED) is 0.838. The first-order valence-electron chi connectivity index (χ1n) is 5.97. The van der Waals surface area contributed by atoms with Gasteiger partial charge in [-0.15, -0.1) is 0 Å². The minimum atomic E-state index is 0.338. The zero-order chi connectivity index (χ0) is 13.7. The number of nitrogens with zero attached hydrogens (tertiary/aromatic N) is 1. The van der Waals surface area contributed by atoms with Crippen LogP contribution in [0.5, 0.6) is 11.5 Å². The van der Waals surface area contributed by atoms with E-state index in [1.54, 1.807) is 14.2 Å². The molecule has 0 aliphatic heterocycles. The molecule has 2 aromatic rings. The minimum Gasteiger partial charge on any atom is -0.493 e. The maximum Gasteiger partial charge on any atom is 0.161 e. The Bertz CT molecular complexity index is 600. The van der Waals surface area contributed by atoms with Crippen molar-refractivity contribution in [3.8, 4) is 28.7 Å². The lowest BCUT2D eigenvalue weighted by Crippen LogP contribution is -1.95. The number of ether oxygens (including phenoxy) is 2. The molecule has 19 heavy (non-hydrogen) atoms. The third-order valence-corrected chi connectivity index (χ3v) is 2.96. The fourth-order valence-electron chi connectivity index (χ4n) is 2.04. The third-order valence-electron chi connectivity index (χ3n) is 2.96. The molecule has 2 aromatic carbocycles. The normalized spacial score (nSPS) is 9.74. The highest BCUT2D eigenvalue weighted by Gasteiger charge is 2.12. The van der Waals surface area contributed by atoms with Gasteiger partial charge in [0.1, 0.15) is 0 Å². The summed E-state index contributed by atoms with van der Waals surface area (Å²) in [6.07, 6.45) is 0.338. The molecule has 0 radical (unpaired) electrons. The summed E-state index contributed by atoms with van der Waals surface area (Å²) in [6.45, 7) is 0. The zero-order valence-corrected chi connectivity index (χ0v) is 11.0. The fourth-order valence-corrected chi connectivity index (χ4v) is 2.04. The molecule has 0 heterocycles. The van der Waals surface area contributed by atoms with Crippen molar-refractivity contribution in [2.75, 3.05) is 14.2 Å². The topological polar surface area (TPSA) is 42.2 Å². The number of methoxy groups -OCH3 is 2. The van der Waals surface area contributed by atoms with Crippen LogP contribution in [-0.4, -0.2) is 14.2 Å². The van der Waals surface area contributed by atoms with Crippen molar-refractivity contribution in [3.05, 3.63) is 48.0 Å². The van der Waals surface area contributed by atoms with Crippen LogP contribution in [0.2, 0.25) is 0 Å². The number of hydrogen-bond donors (Lipinski definition) is 0. The van der Waals surface area contributed by atoms with Crippen LogP contribution in [0.15, 0.2) is 42.5 Å². The summed E-state index contributed by atoms with van der Waals surface area (Å²) in [5.41, 5.74) is 3.00. The van der Waals surface area contributed by atoms with Crippen molar-refractivity contribution in [3.63, 3.8) is 0 Å². The summed E-state index contributed by atoms with van der Waals surface area (Å²) >= 11 is 0. The summed E-state index contributed by atoms with van der Waals surface area (Å²) in [6, 6.07) is 15.9. The largest absolute Gasteiger partial charge is 0.493 e. The van der Waals surface area contributed by atoms with Crippen LogP contribution in [0.3, 0.4) is 0 Å². The molecule has 0 saturated heterocycles. The van der Waals surface area contributed by atoms with Gasteiger partial charge in [0.25, 0.3) is 0 Å². The van der Waals surface area contributed by atoms with E-state index in [1.165, 1.54) is 0 Å². The molecule has 2 rings (SSSR count). The summed E-state index contributed by atoms with van der Waals surface area (Å²) in [5.74, 6) is 1.32. The average molecular weight is 253 g/mol. The Morgan fingerprint density at radius 1 is 1.00 bits per heavy atom. The van der Waals surface area contributed by atoms with Gasteiger partial charge in [0, 0.05) is 0 Å². The fraction of sp³-hybridized carbons (Fsp3) is 0.188. The Morgan fingerprint density at radius 2 is 1.63 bits per heavy atom. The molecule has 96 valence electrons. The first kappa shape index (κ1) is 13.0. The van der Waals surface area contributed by atoms with E-state index in [0.29, 0.717) is 17.9 Å². The van der Waals surface area contributed by atoms with Gasteiger partial charge in [0.2, 0.25) is 0 Å². The van der Waals surface area contributed by atoms with E-state index in [0.717, 1.165) is 16.7 Å². The van der Waals surface area contributed by atoms with E-state index < -0.39 is 0 Å². The van der Waals surface area contributed by atoms with Crippen molar-refractivity contribution in [1.29, 1.82) is 5.26 Å². The molecule has 3 nitrogen and oxygen atoms in total. The molecule has 0 unspecified atom stereocenters. The highest BCUT2D eigenvalue weighted by molar-refractivity contribution is 5.71. The van der Waals surface area contributed by atoms with Gasteiger partial charge in [-0.25, -0.2) is 0 Å². The Labute approximate surface area is 113 Å². The van der Waals surface area contributed by atoms with Crippen molar-refractivity contribution in [2.45, 2.75) is 6.42 Å². The number of hydrogen-bond acceptors (Lipinski definition) is 3. The standard InChI is InChI=1S/C16H15NO2/c1-18-15-10-13(8-9-17)14(11-16(15)19-2)12-6-4-3-5-7-12/h3-7,10-11H,8H2,1-2H3. The van der Waals surface area contributed by atoms with E-state index in [2.05, 4.69) is 6.07 Å². The van der Waals surface area contributed by atoms with Gasteiger partial charge in [-0.05, 0) is 28.8 Å². The second-order valence-electron chi connectivity index (χ2n) is 4.07. The lowest BCUT2D eigenvalue weighted by molar-refractivity contribution is 0.355. The predicted molar refractivity (Wildman–Crippen MR) is 74.3 cm³/mol. The van der Waals surface area contributed by atoms with Gasteiger partial charge in [0.05, 0.1) is 26.7 Å². The van der Waals surface area contributed by atoms with Gasteiger partial charge < -0.3 is 9.47 Å². The summed E-state index contributed by atoms with van der Waals surface area (Å²) in [5, 5.41) is 8.96. The van der Waals surface area contributed by atoms with Gasteiger partial charge in [-0.1, -0.05) is 30.3 Å². The molecule has 0 spiro atoms. The second-order valence-corrected chi connectivity index (χ2v) is 4.07. The van der Waals surface area contributed by atoms with Crippen molar-refractivity contribution in [1.82, 2.24) is 0 Å². The van der Waals surface area contributed by atoms with E-state index in [-0.39, 0.29) is 0 Å². The smallest absolute Gasteiger partial charge is 0.161 e. The van der Waals surface area contributed by atoms with Crippen molar-refractivity contribution < 1.29 is 9.47 Å². The van der Waals surface area contributed by atoms with Crippen LogP contribution in [-0.2, 0) is 6.42 Å². The van der Waals surface area contributed by atoms with Gasteiger partial charge >= 0.3 is 0 Å². The Kier molecular flexibility index (Phi) is 4.04. The van der Waals surface area contributed by atoms with Crippen LogP contribution in [0.4, 0.5) is 0 Å². The summed E-state index contributed by atoms with van der Waals surface area (Å²) in [7, 11) is 3.20. The first-order chi connectivity index (χ1) is 9.30. The molecule has 0 atom stereocenters. The zero-order valence-electron chi connectivity index (χ0n) is 11.0. The maximum absolute atomic E-state index is 8.96. The van der Waals surface area contributed by atoms with Gasteiger partial charge in [-0.3, -0.25) is 0 Å². The molecule has 0 aromatic heterocycles. The highest BCUT2D eigenvalue weighted by atomic mass is 16.5. The highest BCUT2D eigenvalue weighted by Crippen LogP contribution is 2.35. The van der Waals surface area contributed by atoms with Gasteiger partial charge in [0.15, 0.2) is 11.5 Å². The summed E-state index contributed by atoms with van der Waals surface area (Å²) < 4.78 is 10.6. The predicted octanol–water partition coefficient (Wildman–Crippen LogP) is 3.44. The van der Waals surface area contributed by atoms with Crippen LogP contribution in [0.25, 0.3) is 11.1 Å². The van der Waals surface area contributed by atoms with Crippen LogP contribution < -0.4 is 9.47 Å². The van der Waals surface area contributed by atoms with E-state index >= 15 is 0 Å². The average Bonchev–Trinajstić information content (AvgIpc) is 2.48. The number of benzene rings is 2. The SMILES string of the molecule is COc1cc(CC#N)c(-c2ccccc2)cc1OC. The molecule has 0 bridgehead atoms. The first-order valence-corrected chi connectivity index (χ1v) is 5.97.